The van der Waals surface area contributed by atoms with Crippen LogP contribution >= 0.6 is 11.6 Å². The number of nitrogens with one attached hydrogen (secondary N) is 1. The fourth-order valence-corrected chi connectivity index (χ4v) is 1.72. The van der Waals surface area contributed by atoms with Gasteiger partial charge in [0.2, 0.25) is 5.91 Å². The highest BCUT2D eigenvalue weighted by atomic mass is 35.5. The molecule has 17 heavy (non-hydrogen) atoms. The molecule has 0 saturated carbocycles. The molecule has 1 unspecified atom stereocenters. The van der Waals surface area contributed by atoms with E-state index in [1.54, 1.807) is 6.07 Å². The van der Waals surface area contributed by atoms with Crippen molar-refractivity contribution in [3.05, 3.63) is 28.8 Å². The highest BCUT2D eigenvalue weighted by molar-refractivity contribution is 6.33. The van der Waals surface area contributed by atoms with Gasteiger partial charge in [-0.05, 0) is 18.6 Å². The van der Waals surface area contributed by atoms with Crippen LogP contribution in [-0.2, 0) is 9.53 Å². The van der Waals surface area contributed by atoms with Crippen molar-refractivity contribution in [3.63, 3.8) is 0 Å². The van der Waals surface area contributed by atoms with Gasteiger partial charge in [-0.1, -0.05) is 23.7 Å². The fraction of sp³-hybridized carbons (Fsp3) is 0.417. The number of carbonyl (C=O) groups is 1. The van der Waals surface area contributed by atoms with Crippen LogP contribution < -0.4 is 11.1 Å². The van der Waals surface area contributed by atoms with E-state index in [0.717, 1.165) is 5.56 Å². The zero-order valence-corrected chi connectivity index (χ0v) is 10.8. The molecule has 1 rings (SSSR count). The van der Waals surface area contributed by atoms with Gasteiger partial charge in [0.05, 0.1) is 23.2 Å². The average molecular weight is 257 g/mol. The van der Waals surface area contributed by atoms with E-state index in [4.69, 9.17) is 22.1 Å². The van der Waals surface area contributed by atoms with Gasteiger partial charge >= 0.3 is 0 Å². The minimum atomic E-state index is -0.266. The number of rotatable bonds is 5. The molecule has 0 aliphatic heterocycles. The number of nitrogens with two attached hydrogens (primary N) is 1. The molecule has 0 aromatic heterocycles. The number of para-hydroxylation sites is 1. The monoisotopic (exact) mass is 256 g/mol. The largest absolute Gasteiger partial charge is 0.380 e. The molecule has 1 aromatic carbocycles. The zero-order chi connectivity index (χ0) is 12.8. The Kier molecular flexibility index (Phi) is 5.41. The molecule has 0 spiro atoms. The smallest absolute Gasteiger partial charge is 0.227 e. The molecule has 0 saturated heterocycles. The second kappa shape index (κ2) is 6.59. The van der Waals surface area contributed by atoms with Crippen LogP contribution in [0.1, 0.15) is 12.0 Å². The first kappa shape index (κ1) is 14.0. The van der Waals surface area contributed by atoms with Crippen molar-refractivity contribution in [1.82, 2.24) is 0 Å². The molecule has 0 heterocycles. The zero-order valence-electron chi connectivity index (χ0n) is 10.00. The molecule has 1 aromatic rings. The lowest BCUT2D eigenvalue weighted by atomic mass is 10.2. The SMILES string of the molecule is COC(CN)CC(=O)Nc1c(C)cccc1Cl. The van der Waals surface area contributed by atoms with Crippen molar-refractivity contribution in [3.8, 4) is 0 Å². The summed E-state index contributed by atoms with van der Waals surface area (Å²) in [4.78, 5) is 11.7. The molecule has 1 amide bonds. The number of hydrogen-bond donors (Lipinski definition) is 2. The standard InChI is InChI=1S/C12H17ClN2O2/c1-8-4-3-5-10(13)12(8)15-11(16)6-9(7-14)17-2/h3-5,9H,6-7,14H2,1-2H3,(H,15,16). The van der Waals surface area contributed by atoms with E-state index in [1.165, 1.54) is 7.11 Å². The first-order valence-electron chi connectivity index (χ1n) is 5.36. The lowest BCUT2D eigenvalue weighted by molar-refractivity contribution is -0.118. The Balaban J connectivity index is 2.68. The number of halogens is 1. The summed E-state index contributed by atoms with van der Waals surface area (Å²) in [6, 6.07) is 5.46. The van der Waals surface area contributed by atoms with Crippen LogP contribution in [0.15, 0.2) is 18.2 Å². The Morgan fingerprint density at radius 1 is 1.59 bits per heavy atom. The van der Waals surface area contributed by atoms with Gasteiger partial charge in [0.25, 0.3) is 0 Å². The first-order valence-corrected chi connectivity index (χ1v) is 5.74. The maximum atomic E-state index is 11.7. The Morgan fingerprint density at radius 3 is 2.82 bits per heavy atom. The minimum absolute atomic E-state index is 0.154. The highest BCUT2D eigenvalue weighted by Crippen LogP contribution is 2.25. The molecule has 4 nitrogen and oxygen atoms in total. The molecule has 3 N–H and O–H groups in total. The van der Waals surface area contributed by atoms with Crippen LogP contribution in [0.5, 0.6) is 0 Å². The van der Waals surface area contributed by atoms with Crippen molar-refractivity contribution in [2.24, 2.45) is 5.73 Å². The minimum Gasteiger partial charge on any atom is -0.380 e. The number of ether oxygens (including phenoxy) is 1. The number of methoxy groups -OCH3 is 1. The van der Waals surface area contributed by atoms with Crippen molar-refractivity contribution in [2.45, 2.75) is 19.4 Å². The molecule has 94 valence electrons. The summed E-state index contributed by atoms with van der Waals surface area (Å²) < 4.78 is 5.05. The molecule has 5 heteroatoms. The number of aryl methyl sites for hydroxylation is 1. The van der Waals surface area contributed by atoms with E-state index in [2.05, 4.69) is 5.32 Å². The van der Waals surface area contributed by atoms with E-state index in [-0.39, 0.29) is 18.4 Å². The maximum absolute atomic E-state index is 11.7. The Morgan fingerprint density at radius 2 is 2.29 bits per heavy atom. The van der Waals surface area contributed by atoms with E-state index in [1.807, 2.05) is 19.1 Å². The summed E-state index contributed by atoms with van der Waals surface area (Å²) in [5.74, 6) is -0.154. The molecule has 0 aliphatic rings. The molecular weight excluding hydrogens is 240 g/mol. The van der Waals surface area contributed by atoms with Crippen LogP contribution in [0.3, 0.4) is 0 Å². The van der Waals surface area contributed by atoms with E-state index in [9.17, 15) is 4.79 Å². The predicted molar refractivity (Wildman–Crippen MR) is 69.3 cm³/mol. The van der Waals surface area contributed by atoms with Crippen molar-refractivity contribution in [1.29, 1.82) is 0 Å². The Hall–Kier alpha value is -1.10. The van der Waals surface area contributed by atoms with Gasteiger partial charge < -0.3 is 15.8 Å². The number of carbonyl (C=O) groups excluding carboxylic acids is 1. The number of hydrogen-bond acceptors (Lipinski definition) is 3. The highest BCUT2D eigenvalue weighted by Gasteiger charge is 2.13. The van der Waals surface area contributed by atoms with E-state index in [0.29, 0.717) is 17.3 Å². The third kappa shape index (κ3) is 4.00. The molecule has 1 atom stereocenters. The van der Waals surface area contributed by atoms with Gasteiger partial charge in [-0.2, -0.15) is 0 Å². The fourth-order valence-electron chi connectivity index (χ4n) is 1.45. The van der Waals surface area contributed by atoms with Gasteiger partial charge in [0, 0.05) is 13.7 Å². The molecular formula is C12H17ClN2O2. The Labute approximate surface area is 106 Å². The number of amides is 1. The summed E-state index contributed by atoms with van der Waals surface area (Å²) in [6.45, 7) is 2.20. The first-order chi connectivity index (χ1) is 8.08. The lowest BCUT2D eigenvalue weighted by Crippen LogP contribution is -2.28. The van der Waals surface area contributed by atoms with Crippen molar-refractivity contribution < 1.29 is 9.53 Å². The maximum Gasteiger partial charge on any atom is 0.227 e. The van der Waals surface area contributed by atoms with Crippen LogP contribution in [0, 0.1) is 6.92 Å². The van der Waals surface area contributed by atoms with Gasteiger partial charge in [0.1, 0.15) is 0 Å². The number of benzene rings is 1. The quantitative estimate of drug-likeness (QED) is 0.846. The average Bonchev–Trinajstić information content (AvgIpc) is 2.31. The molecule has 0 bridgehead atoms. The predicted octanol–water partition coefficient (Wildman–Crippen LogP) is 1.95. The van der Waals surface area contributed by atoms with E-state index >= 15 is 0 Å². The normalized spacial score (nSPS) is 12.2. The van der Waals surface area contributed by atoms with Crippen LogP contribution in [-0.4, -0.2) is 25.7 Å². The molecule has 0 fully saturated rings. The van der Waals surface area contributed by atoms with Gasteiger partial charge in [-0.3, -0.25) is 4.79 Å². The topological polar surface area (TPSA) is 64.3 Å². The molecule has 0 aliphatic carbocycles. The number of anilines is 1. The van der Waals surface area contributed by atoms with Crippen LogP contribution in [0.4, 0.5) is 5.69 Å². The van der Waals surface area contributed by atoms with Gasteiger partial charge in [-0.25, -0.2) is 0 Å². The third-order valence-corrected chi connectivity index (χ3v) is 2.81. The second-order valence-electron chi connectivity index (χ2n) is 3.78. The van der Waals surface area contributed by atoms with Gasteiger partial charge in [0.15, 0.2) is 0 Å². The second-order valence-corrected chi connectivity index (χ2v) is 4.18. The summed E-state index contributed by atoms with van der Waals surface area (Å²) in [7, 11) is 1.53. The Bertz CT molecular complexity index is 372. The third-order valence-electron chi connectivity index (χ3n) is 2.50. The van der Waals surface area contributed by atoms with Crippen LogP contribution in [0.2, 0.25) is 5.02 Å². The van der Waals surface area contributed by atoms with Crippen molar-refractivity contribution >= 4 is 23.2 Å². The van der Waals surface area contributed by atoms with Gasteiger partial charge in [-0.15, -0.1) is 0 Å². The van der Waals surface area contributed by atoms with E-state index < -0.39 is 0 Å². The summed E-state index contributed by atoms with van der Waals surface area (Å²) in [6.07, 6.45) is -0.0460. The lowest BCUT2D eigenvalue weighted by Gasteiger charge is -2.14. The summed E-state index contributed by atoms with van der Waals surface area (Å²) in [5.41, 5.74) is 7.02. The summed E-state index contributed by atoms with van der Waals surface area (Å²) >= 11 is 6.01. The molecule has 0 radical (unpaired) electrons. The van der Waals surface area contributed by atoms with Crippen molar-refractivity contribution in [2.75, 3.05) is 19.0 Å². The van der Waals surface area contributed by atoms with Crippen LogP contribution in [0.25, 0.3) is 0 Å². The summed E-state index contributed by atoms with van der Waals surface area (Å²) in [5, 5.41) is 3.30.